The van der Waals surface area contributed by atoms with Crippen LogP contribution in [0.4, 0.5) is 0 Å². The summed E-state index contributed by atoms with van der Waals surface area (Å²) in [5.74, 6) is 0.797. The van der Waals surface area contributed by atoms with E-state index in [1.807, 2.05) is 0 Å². The van der Waals surface area contributed by atoms with Crippen LogP contribution in [0, 0.1) is 5.92 Å². The van der Waals surface area contributed by atoms with Gasteiger partial charge in [-0.3, -0.25) is 0 Å². The Hall–Kier alpha value is -0.120. The molecule has 2 aliphatic heterocycles. The van der Waals surface area contributed by atoms with E-state index in [9.17, 15) is 0 Å². The number of hydrogen-bond donors (Lipinski definition) is 1. The smallest absolute Gasteiger partial charge is 0.0507 e. The molecule has 0 amide bonds. The summed E-state index contributed by atoms with van der Waals surface area (Å²) in [5.41, 5.74) is 0. The molecule has 0 aromatic heterocycles. The summed E-state index contributed by atoms with van der Waals surface area (Å²) in [4.78, 5) is 2.57. The first-order valence-electron chi connectivity index (χ1n) is 5.38. The van der Waals surface area contributed by atoms with Crippen molar-refractivity contribution in [3.05, 3.63) is 0 Å². The van der Waals surface area contributed by atoms with Gasteiger partial charge in [0.05, 0.1) is 6.61 Å². The van der Waals surface area contributed by atoms with Crippen molar-refractivity contribution in [1.29, 1.82) is 0 Å². The SMILES string of the molecule is C[C@@H]1CN(CC2CCOC2)CCN1. The molecule has 0 radical (unpaired) electrons. The van der Waals surface area contributed by atoms with Gasteiger partial charge in [-0.15, -0.1) is 0 Å². The van der Waals surface area contributed by atoms with Crippen LogP contribution in [-0.2, 0) is 4.74 Å². The third-order valence-electron chi connectivity index (χ3n) is 2.99. The molecule has 0 aromatic carbocycles. The van der Waals surface area contributed by atoms with Crippen LogP contribution in [0.15, 0.2) is 0 Å². The lowest BCUT2D eigenvalue weighted by atomic mass is 10.1. The standard InChI is InChI=1S/C10H20N2O/c1-9-6-12(4-3-11-9)7-10-2-5-13-8-10/h9-11H,2-8H2,1H3/t9-,10?/m1/s1. The van der Waals surface area contributed by atoms with Gasteiger partial charge in [-0.05, 0) is 19.3 Å². The van der Waals surface area contributed by atoms with Crippen molar-refractivity contribution in [2.75, 3.05) is 39.4 Å². The Morgan fingerprint density at radius 3 is 3.15 bits per heavy atom. The highest BCUT2D eigenvalue weighted by molar-refractivity contribution is 4.78. The highest BCUT2D eigenvalue weighted by Gasteiger charge is 2.22. The van der Waals surface area contributed by atoms with E-state index in [-0.39, 0.29) is 0 Å². The van der Waals surface area contributed by atoms with Crippen LogP contribution in [-0.4, -0.2) is 50.3 Å². The molecule has 3 heteroatoms. The molecule has 2 heterocycles. The first-order chi connectivity index (χ1) is 6.34. The quantitative estimate of drug-likeness (QED) is 0.669. The fraction of sp³-hybridized carbons (Fsp3) is 1.00. The Labute approximate surface area is 80.4 Å². The molecule has 2 aliphatic rings. The molecule has 1 N–H and O–H groups in total. The number of nitrogens with one attached hydrogen (secondary N) is 1. The minimum Gasteiger partial charge on any atom is -0.381 e. The second-order valence-electron chi connectivity index (χ2n) is 4.34. The van der Waals surface area contributed by atoms with Gasteiger partial charge in [-0.2, -0.15) is 0 Å². The van der Waals surface area contributed by atoms with Crippen LogP contribution in [0.2, 0.25) is 0 Å². The predicted molar refractivity (Wildman–Crippen MR) is 52.8 cm³/mol. The van der Waals surface area contributed by atoms with E-state index in [1.165, 1.54) is 26.1 Å². The maximum atomic E-state index is 5.38. The van der Waals surface area contributed by atoms with E-state index in [2.05, 4.69) is 17.1 Å². The minimum absolute atomic E-state index is 0.663. The largest absolute Gasteiger partial charge is 0.381 e. The molecule has 2 fully saturated rings. The maximum Gasteiger partial charge on any atom is 0.0507 e. The minimum atomic E-state index is 0.663. The Morgan fingerprint density at radius 1 is 1.54 bits per heavy atom. The number of rotatable bonds is 2. The molecule has 13 heavy (non-hydrogen) atoms. The van der Waals surface area contributed by atoms with E-state index in [1.54, 1.807) is 0 Å². The zero-order chi connectivity index (χ0) is 9.10. The van der Waals surface area contributed by atoms with Crippen LogP contribution < -0.4 is 5.32 Å². The van der Waals surface area contributed by atoms with Crippen LogP contribution in [0.25, 0.3) is 0 Å². The molecule has 0 bridgehead atoms. The third kappa shape index (κ3) is 2.66. The highest BCUT2D eigenvalue weighted by atomic mass is 16.5. The van der Waals surface area contributed by atoms with Gasteiger partial charge in [0.25, 0.3) is 0 Å². The summed E-state index contributed by atoms with van der Waals surface area (Å²) in [6.07, 6.45) is 1.26. The third-order valence-corrected chi connectivity index (χ3v) is 2.99. The molecule has 2 atom stereocenters. The topological polar surface area (TPSA) is 24.5 Å². The molecule has 0 aromatic rings. The molecule has 3 nitrogen and oxygen atoms in total. The maximum absolute atomic E-state index is 5.38. The molecule has 0 aliphatic carbocycles. The van der Waals surface area contributed by atoms with Crippen molar-refractivity contribution in [3.8, 4) is 0 Å². The Bertz CT molecular complexity index is 157. The fourth-order valence-corrected chi connectivity index (χ4v) is 2.27. The summed E-state index contributed by atoms with van der Waals surface area (Å²) >= 11 is 0. The number of piperazine rings is 1. The Morgan fingerprint density at radius 2 is 2.46 bits per heavy atom. The predicted octanol–water partition coefficient (Wildman–Crippen LogP) is 0.317. The summed E-state index contributed by atoms with van der Waals surface area (Å²) in [6.45, 7) is 9.03. The summed E-state index contributed by atoms with van der Waals surface area (Å²) in [7, 11) is 0. The summed E-state index contributed by atoms with van der Waals surface area (Å²) < 4.78 is 5.38. The van der Waals surface area contributed by atoms with Crippen LogP contribution in [0.1, 0.15) is 13.3 Å². The number of nitrogens with zero attached hydrogens (tertiary/aromatic N) is 1. The lowest BCUT2D eigenvalue weighted by Crippen LogP contribution is -2.50. The van der Waals surface area contributed by atoms with Gasteiger partial charge in [-0.25, -0.2) is 0 Å². The highest BCUT2D eigenvalue weighted by Crippen LogP contribution is 2.14. The summed E-state index contributed by atoms with van der Waals surface area (Å²) in [5, 5.41) is 3.46. The van der Waals surface area contributed by atoms with Crippen molar-refractivity contribution >= 4 is 0 Å². The Kier molecular flexibility index (Phi) is 3.19. The van der Waals surface area contributed by atoms with Crippen molar-refractivity contribution in [2.24, 2.45) is 5.92 Å². The van der Waals surface area contributed by atoms with E-state index < -0.39 is 0 Å². The van der Waals surface area contributed by atoms with Crippen LogP contribution in [0.3, 0.4) is 0 Å². The molecule has 0 spiro atoms. The molecule has 0 saturated carbocycles. The van der Waals surface area contributed by atoms with Crippen LogP contribution in [0.5, 0.6) is 0 Å². The number of ether oxygens (including phenoxy) is 1. The van der Waals surface area contributed by atoms with Gasteiger partial charge in [-0.1, -0.05) is 0 Å². The van der Waals surface area contributed by atoms with E-state index >= 15 is 0 Å². The molecular formula is C10H20N2O. The zero-order valence-corrected chi connectivity index (χ0v) is 8.46. The average molecular weight is 184 g/mol. The van der Waals surface area contributed by atoms with Gasteiger partial charge in [0.2, 0.25) is 0 Å². The summed E-state index contributed by atoms with van der Waals surface area (Å²) in [6, 6.07) is 0.663. The van der Waals surface area contributed by atoms with Crippen molar-refractivity contribution in [1.82, 2.24) is 10.2 Å². The molecule has 1 unspecified atom stereocenters. The first-order valence-corrected chi connectivity index (χ1v) is 5.38. The van der Waals surface area contributed by atoms with Gasteiger partial charge >= 0.3 is 0 Å². The van der Waals surface area contributed by atoms with Crippen molar-refractivity contribution in [2.45, 2.75) is 19.4 Å². The Balaban J connectivity index is 1.73. The van der Waals surface area contributed by atoms with Gasteiger partial charge in [0, 0.05) is 38.8 Å². The van der Waals surface area contributed by atoms with Gasteiger partial charge in [0.15, 0.2) is 0 Å². The molecule has 2 saturated heterocycles. The molecule has 76 valence electrons. The van der Waals surface area contributed by atoms with E-state index in [0.29, 0.717) is 6.04 Å². The van der Waals surface area contributed by atoms with Gasteiger partial charge in [0.1, 0.15) is 0 Å². The van der Waals surface area contributed by atoms with E-state index in [4.69, 9.17) is 4.74 Å². The lowest BCUT2D eigenvalue weighted by molar-refractivity contribution is 0.150. The van der Waals surface area contributed by atoms with Gasteiger partial charge < -0.3 is 15.0 Å². The van der Waals surface area contributed by atoms with Crippen molar-refractivity contribution in [3.63, 3.8) is 0 Å². The second-order valence-corrected chi connectivity index (χ2v) is 4.34. The second kappa shape index (κ2) is 4.40. The number of hydrogen-bond acceptors (Lipinski definition) is 3. The van der Waals surface area contributed by atoms with Crippen LogP contribution >= 0.6 is 0 Å². The average Bonchev–Trinajstić information content (AvgIpc) is 2.57. The van der Waals surface area contributed by atoms with Crippen molar-refractivity contribution < 1.29 is 4.74 Å². The normalized spacial score (nSPS) is 36.7. The zero-order valence-electron chi connectivity index (χ0n) is 8.46. The molecule has 2 rings (SSSR count). The monoisotopic (exact) mass is 184 g/mol. The molecular weight excluding hydrogens is 164 g/mol. The fourth-order valence-electron chi connectivity index (χ4n) is 2.27. The lowest BCUT2D eigenvalue weighted by Gasteiger charge is -2.33. The first kappa shape index (κ1) is 9.44. The van der Waals surface area contributed by atoms with E-state index in [0.717, 1.165) is 25.7 Å².